The molecule has 0 saturated carbocycles. The molecule has 29 heavy (non-hydrogen) atoms. The molecule has 0 amide bonds. The van der Waals surface area contributed by atoms with Gasteiger partial charge in [0.2, 0.25) is 0 Å². The number of hydrogen-bond acceptors (Lipinski definition) is 5. The number of aromatic nitrogens is 1. The zero-order valence-electron chi connectivity index (χ0n) is 16.8. The van der Waals surface area contributed by atoms with Gasteiger partial charge in [0.25, 0.3) is 0 Å². The van der Waals surface area contributed by atoms with Crippen LogP contribution in [0.15, 0.2) is 42.6 Å². The smallest absolute Gasteiger partial charge is 0.328 e. The topological polar surface area (TPSA) is 109 Å². The molecule has 0 aliphatic carbocycles. The second-order valence-electron chi connectivity index (χ2n) is 7.13. The van der Waals surface area contributed by atoms with Gasteiger partial charge in [-0.05, 0) is 74.0 Å². The summed E-state index contributed by atoms with van der Waals surface area (Å²) in [4.78, 5) is 23.6. The van der Waals surface area contributed by atoms with Crippen LogP contribution in [0.25, 0.3) is 10.9 Å². The molecule has 1 aromatic heterocycles. The van der Waals surface area contributed by atoms with Crippen molar-refractivity contribution in [3.8, 4) is 5.75 Å². The number of hydrogen-bond donors (Lipinski definition) is 3. The third-order valence-electron chi connectivity index (χ3n) is 5.15. The summed E-state index contributed by atoms with van der Waals surface area (Å²) in [6, 6.07) is 8.30. The summed E-state index contributed by atoms with van der Waals surface area (Å²) >= 11 is 0. The number of nitrogens with zero attached hydrogens (tertiary/aromatic N) is 1. The van der Waals surface area contributed by atoms with Crippen molar-refractivity contribution in [3.63, 3.8) is 0 Å². The van der Waals surface area contributed by atoms with E-state index in [0.717, 1.165) is 36.1 Å². The fourth-order valence-corrected chi connectivity index (χ4v) is 3.51. The van der Waals surface area contributed by atoms with Gasteiger partial charge in [0.05, 0.1) is 12.6 Å². The number of fused-ring (bicyclic) bond motifs is 1. The van der Waals surface area contributed by atoms with Crippen molar-refractivity contribution in [2.24, 2.45) is 11.8 Å². The Morgan fingerprint density at radius 1 is 1.24 bits per heavy atom. The molecule has 1 aliphatic rings. The molecule has 2 heterocycles. The normalized spacial score (nSPS) is 18.8. The Bertz CT molecular complexity index is 849. The van der Waals surface area contributed by atoms with E-state index in [9.17, 15) is 9.59 Å². The van der Waals surface area contributed by atoms with E-state index in [2.05, 4.69) is 29.4 Å². The molecule has 0 bridgehead atoms. The van der Waals surface area contributed by atoms with Gasteiger partial charge in [-0.25, -0.2) is 9.59 Å². The number of pyridine rings is 1. The van der Waals surface area contributed by atoms with Crippen molar-refractivity contribution in [2.75, 3.05) is 20.2 Å². The lowest BCUT2D eigenvalue weighted by molar-refractivity contribution is -0.134. The van der Waals surface area contributed by atoms with Crippen LogP contribution in [-0.2, 0) is 16.0 Å². The van der Waals surface area contributed by atoms with Crippen molar-refractivity contribution < 1.29 is 24.5 Å². The van der Waals surface area contributed by atoms with Gasteiger partial charge >= 0.3 is 11.9 Å². The second-order valence-corrected chi connectivity index (χ2v) is 7.13. The molecule has 1 aromatic carbocycles. The quantitative estimate of drug-likeness (QED) is 0.639. The molecule has 1 aliphatic heterocycles. The van der Waals surface area contributed by atoms with Gasteiger partial charge < -0.3 is 20.3 Å². The molecule has 7 nitrogen and oxygen atoms in total. The van der Waals surface area contributed by atoms with Gasteiger partial charge in [-0.1, -0.05) is 6.92 Å². The summed E-state index contributed by atoms with van der Waals surface area (Å²) in [5.41, 5.74) is 2.45. The Balaban J connectivity index is 0.000000321. The van der Waals surface area contributed by atoms with Gasteiger partial charge in [0.15, 0.2) is 0 Å². The van der Waals surface area contributed by atoms with Crippen LogP contribution in [0.1, 0.15) is 25.3 Å². The Morgan fingerprint density at radius 3 is 2.59 bits per heavy atom. The Morgan fingerprint density at radius 2 is 1.97 bits per heavy atom. The average molecular weight is 400 g/mol. The van der Waals surface area contributed by atoms with Crippen molar-refractivity contribution in [3.05, 3.63) is 48.2 Å². The molecule has 1 fully saturated rings. The number of aliphatic carboxylic acids is 2. The standard InChI is InChI=1S/C18H24N2O.C4H4O4/c1-13-12-19-9-7-14(13)3-4-15-8-10-20-18-6-5-16(21-2)11-17(15)18;5-3(6)1-2-4(7)8/h5-6,8,10-11,13-14,19H,3-4,7,9,12H2,1-2H3;1-2H,(H,5,6)(H,7,8)/b;2-1+/t13-,14-;/m0./s1. The lowest BCUT2D eigenvalue weighted by atomic mass is 9.83. The minimum atomic E-state index is -1.26. The third-order valence-corrected chi connectivity index (χ3v) is 5.15. The highest BCUT2D eigenvalue weighted by Crippen LogP contribution is 2.27. The van der Waals surface area contributed by atoms with E-state index in [1.54, 1.807) is 7.11 Å². The number of aryl methyl sites for hydroxylation is 1. The SMILES string of the molecule is COc1ccc2nccc(CC[C@H]3CCNC[C@@H]3C)c2c1.O=C(O)/C=C/C(=O)O. The fourth-order valence-electron chi connectivity index (χ4n) is 3.51. The summed E-state index contributed by atoms with van der Waals surface area (Å²) in [6.45, 7) is 4.69. The van der Waals surface area contributed by atoms with Crippen LogP contribution >= 0.6 is 0 Å². The molecule has 2 aromatic rings. The number of methoxy groups -OCH3 is 1. The van der Waals surface area contributed by atoms with Crippen LogP contribution in [0.5, 0.6) is 5.75 Å². The van der Waals surface area contributed by atoms with Gasteiger partial charge in [-0.3, -0.25) is 4.98 Å². The largest absolute Gasteiger partial charge is 0.497 e. The average Bonchev–Trinajstić information content (AvgIpc) is 2.71. The molecule has 3 rings (SSSR count). The minimum Gasteiger partial charge on any atom is -0.497 e. The molecular formula is C22H28N2O5. The number of rotatable bonds is 6. The molecule has 1 saturated heterocycles. The van der Waals surface area contributed by atoms with Crippen molar-refractivity contribution in [1.29, 1.82) is 0 Å². The third kappa shape index (κ3) is 7.19. The van der Waals surface area contributed by atoms with Gasteiger partial charge in [0.1, 0.15) is 5.75 Å². The van der Waals surface area contributed by atoms with E-state index in [1.807, 2.05) is 18.3 Å². The van der Waals surface area contributed by atoms with Gasteiger partial charge in [0, 0.05) is 23.7 Å². The van der Waals surface area contributed by atoms with E-state index in [1.165, 1.54) is 30.3 Å². The fraction of sp³-hybridized carbons (Fsp3) is 0.409. The molecule has 3 N–H and O–H groups in total. The number of benzene rings is 1. The van der Waals surface area contributed by atoms with E-state index in [4.69, 9.17) is 14.9 Å². The van der Waals surface area contributed by atoms with Crippen LogP contribution in [0, 0.1) is 11.8 Å². The van der Waals surface area contributed by atoms with E-state index in [-0.39, 0.29) is 0 Å². The van der Waals surface area contributed by atoms with Gasteiger partial charge in [-0.2, -0.15) is 0 Å². The first kappa shape index (κ1) is 22.4. The highest BCUT2D eigenvalue weighted by atomic mass is 16.5. The highest BCUT2D eigenvalue weighted by Gasteiger charge is 2.20. The van der Waals surface area contributed by atoms with Crippen LogP contribution in [0.2, 0.25) is 0 Å². The summed E-state index contributed by atoms with van der Waals surface area (Å²) < 4.78 is 5.35. The summed E-state index contributed by atoms with van der Waals surface area (Å²) in [6.07, 6.45) is 6.73. The Labute approximate surface area is 170 Å². The first-order chi connectivity index (χ1) is 13.9. The Kier molecular flexibility index (Phi) is 8.61. The maximum Gasteiger partial charge on any atom is 0.328 e. The van der Waals surface area contributed by atoms with Crippen molar-refractivity contribution in [1.82, 2.24) is 10.3 Å². The number of carboxylic acids is 2. The zero-order valence-corrected chi connectivity index (χ0v) is 16.8. The van der Waals surface area contributed by atoms with Crippen molar-refractivity contribution in [2.45, 2.75) is 26.2 Å². The Hall–Kier alpha value is -2.93. The first-order valence-corrected chi connectivity index (χ1v) is 9.67. The van der Waals surface area contributed by atoms with E-state index < -0.39 is 11.9 Å². The minimum absolute atomic E-state index is 0.558. The van der Waals surface area contributed by atoms with Crippen LogP contribution in [0.3, 0.4) is 0 Å². The maximum atomic E-state index is 9.55. The molecule has 156 valence electrons. The zero-order chi connectivity index (χ0) is 21.2. The van der Waals surface area contributed by atoms with Crippen LogP contribution in [-0.4, -0.2) is 47.3 Å². The molecule has 0 spiro atoms. The highest BCUT2D eigenvalue weighted by molar-refractivity contribution is 5.89. The number of ether oxygens (including phenoxy) is 1. The summed E-state index contributed by atoms with van der Waals surface area (Å²) in [5, 5.41) is 20.3. The maximum absolute atomic E-state index is 9.55. The van der Waals surface area contributed by atoms with Crippen LogP contribution in [0.4, 0.5) is 0 Å². The second kappa shape index (κ2) is 11.2. The monoisotopic (exact) mass is 400 g/mol. The molecule has 0 unspecified atom stereocenters. The van der Waals surface area contributed by atoms with Crippen molar-refractivity contribution >= 4 is 22.8 Å². The van der Waals surface area contributed by atoms with Crippen LogP contribution < -0.4 is 10.1 Å². The lowest BCUT2D eigenvalue weighted by Gasteiger charge is -2.29. The number of piperidine rings is 1. The predicted molar refractivity (Wildman–Crippen MR) is 111 cm³/mol. The first-order valence-electron chi connectivity index (χ1n) is 9.67. The predicted octanol–water partition coefficient (Wildman–Crippen LogP) is 3.13. The molecule has 2 atom stereocenters. The number of carbonyl (C=O) groups is 2. The molecule has 7 heteroatoms. The molecular weight excluding hydrogens is 372 g/mol. The van der Waals surface area contributed by atoms with E-state index >= 15 is 0 Å². The van der Waals surface area contributed by atoms with E-state index in [0.29, 0.717) is 12.2 Å². The summed E-state index contributed by atoms with van der Waals surface area (Å²) in [5.74, 6) is 0.00763. The van der Waals surface area contributed by atoms with Gasteiger partial charge in [-0.15, -0.1) is 0 Å². The molecule has 0 radical (unpaired) electrons. The number of nitrogens with one attached hydrogen (secondary N) is 1. The lowest BCUT2D eigenvalue weighted by Crippen LogP contribution is -2.35. The summed E-state index contributed by atoms with van der Waals surface area (Å²) in [7, 11) is 1.72. The number of carboxylic acid groups (broad SMARTS) is 2.